The number of hydrogen-bond donors (Lipinski definition) is 2. The molecule has 0 bridgehead atoms. The molecule has 0 amide bonds. The van der Waals surface area contributed by atoms with Crippen LogP contribution in [-0.2, 0) is 14.8 Å². The third-order valence-electron chi connectivity index (χ3n) is 4.95. The van der Waals surface area contributed by atoms with Crippen LogP contribution in [-0.4, -0.2) is 33.1 Å². The van der Waals surface area contributed by atoms with Crippen LogP contribution in [0.1, 0.15) is 42.8 Å². The second-order valence-electron chi connectivity index (χ2n) is 6.94. The zero-order chi connectivity index (χ0) is 19.1. The highest BCUT2D eigenvalue weighted by Gasteiger charge is 2.43. The van der Waals surface area contributed by atoms with Crippen molar-refractivity contribution in [2.24, 2.45) is 11.7 Å². The van der Waals surface area contributed by atoms with Crippen LogP contribution < -0.4 is 10.5 Å². The molecule has 3 N–H and O–H groups in total. The van der Waals surface area contributed by atoms with Crippen molar-refractivity contribution in [2.75, 3.05) is 13.2 Å². The van der Waals surface area contributed by atoms with Gasteiger partial charge in [0, 0.05) is 23.0 Å². The molecule has 2 aromatic rings. The van der Waals surface area contributed by atoms with Gasteiger partial charge in [0.2, 0.25) is 15.8 Å². The maximum atomic E-state index is 12.8. The van der Waals surface area contributed by atoms with Crippen LogP contribution in [0.5, 0.6) is 0 Å². The van der Waals surface area contributed by atoms with E-state index in [1.807, 2.05) is 6.92 Å². The van der Waals surface area contributed by atoms with Crippen molar-refractivity contribution in [2.45, 2.75) is 44.0 Å². The molecule has 0 aliphatic heterocycles. The minimum atomic E-state index is -3.75. The molecule has 26 heavy (non-hydrogen) atoms. The number of nitrogens with one attached hydrogen (secondary N) is 1. The van der Waals surface area contributed by atoms with Gasteiger partial charge in [0.1, 0.15) is 5.58 Å². The average Bonchev–Trinajstić information content (AvgIpc) is 3.40. The van der Waals surface area contributed by atoms with Crippen molar-refractivity contribution < 1.29 is 22.4 Å². The molecule has 1 saturated carbocycles. The quantitative estimate of drug-likeness (QED) is 0.713. The van der Waals surface area contributed by atoms with Gasteiger partial charge in [-0.05, 0) is 57.7 Å². The van der Waals surface area contributed by atoms with Gasteiger partial charge in [-0.1, -0.05) is 0 Å². The Balaban J connectivity index is 1.97. The number of furan rings is 1. The minimum Gasteiger partial charge on any atom is -0.460 e. The van der Waals surface area contributed by atoms with Gasteiger partial charge in [-0.3, -0.25) is 0 Å². The Bertz CT molecular complexity index is 946. The molecule has 1 heterocycles. The number of rotatable bonds is 7. The molecule has 0 spiro atoms. The van der Waals surface area contributed by atoms with Gasteiger partial charge >= 0.3 is 5.97 Å². The summed E-state index contributed by atoms with van der Waals surface area (Å²) in [6.07, 6.45) is 1.94. The number of esters is 1. The molecule has 1 aromatic heterocycles. The average molecular weight is 380 g/mol. The first-order chi connectivity index (χ1) is 12.2. The minimum absolute atomic E-state index is 0.0918. The molecule has 142 valence electrons. The van der Waals surface area contributed by atoms with E-state index < -0.39 is 21.5 Å². The van der Waals surface area contributed by atoms with E-state index in [2.05, 4.69) is 4.72 Å². The summed E-state index contributed by atoms with van der Waals surface area (Å²) in [6.45, 7) is 5.72. The smallest absolute Gasteiger partial charge is 0.374 e. The molecular formula is C18H24N2O5S. The van der Waals surface area contributed by atoms with Crippen molar-refractivity contribution in [3.8, 4) is 0 Å². The predicted molar refractivity (Wildman–Crippen MR) is 97.4 cm³/mol. The summed E-state index contributed by atoms with van der Waals surface area (Å²) in [5, 5.41) is 0.566. The number of aryl methyl sites for hydroxylation is 1. The second-order valence-corrected chi connectivity index (χ2v) is 8.62. The zero-order valence-electron chi connectivity index (χ0n) is 15.2. The standard InChI is InChI=1S/C18H24N2O5S/c1-4-24-17(21)16-11(2)14-9-13(7-8-15(14)25-16)26(22,23)20-18(3,10-19)12-5-6-12/h7-9,12,20H,4-6,10,19H2,1-3H3. The van der Waals surface area contributed by atoms with E-state index >= 15 is 0 Å². The van der Waals surface area contributed by atoms with Crippen molar-refractivity contribution in [3.63, 3.8) is 0 Å². The molecule has 1 aromatic carbocycles. The predicted octanol–water partition coefficient (Wildman–Crippen LogP) is 2.32. The van der Waals surface area contributed by atoms with Gasteiger partial charge in [0.25, 0.3) is 0 Å². The van der Waals surface area contributed by atoms with Crippen molar-refractivity contribution in [1.29, 1.82) is 0 Å². The maximum Gasteiger partial charge on any atom is 0.374 e. The van der Waals surface area contributed by atoms with Gasteiger partial charge < -0.3 is 14.9 Å². The number of benzene rings is 1. The van der Waals surface area contributed by atoms with E-state index in [1.54, 1.807) is 19.9 Å². The van der Waals surface area contributed by atoms with Gasteiger partial charge in [-0.15, -0.1) is 0 Å². The Hall–Kier alpha value is -1.90. The summed E-state index contributed by atoms with van der Waals surface area (Å²) in [6, 6.07) is 4.53. The first kappa shape index (κ1) is 18.9. The Morgan fingerprint density at radius 1 is 1.42 bits per heavy atom. The number of hydrogen-bond acceptors (Lipinski definition) is 6. The number of sulfonamides is 1. The van der Waals surface area contributed by atoms with Gasteiger partial charge in [-0.2, -0.15) is 0 Å². The van der Waals surface area contributed by atoms with Gasteiger partial charge in [0.05, 0.1) is 11.5 Å². The third kappa shape index (κ3) is 3.36. The molecule has 1 fully saturated rings. The number of ether oxygens (including phenoxy) is 1. The van der Waals surface area contributed by atoms with Crippen molar-refractivity contribution in [1.82, 2.24) is 4.72 Å². The van der Waals surface area contributed by atoms with Crippen LogP contribution in [0.15, 0.2) is 27.5 Å². The van der Waals surface area contributed by atoms with Crippen LogP contribution in [0.2, 0.25) is 0 Å². The second kappa shape index (κ2) is 6.68. The van der Waals surface area contributed by atoms with E-state index in [1.165, 1.54) is 12.1 Å². The van der Waals surface area contributed by atoms with E-state index in [9.17, 15) is 13.2 Å². The SMILES string of the molecule is CCOC(=O)c1oc2ccc(S(=O)(=O)NC(C)(CN)C3CC3)cc2c1C. The number of nitrogens with two attached hydrogens (primary N) is 1. The maximum absolute atomic E-state index is 12.8. The summed E-state index contributed by atoms with van der Waals surface area (Å²) < 4.78 is 39.0. The van der Waals surface area contributed by atoms with Gasteiger partial charge in [0.15, 0.2) is 0 Å². The highest BCUT2D eigenvalue weighted by molar-refractivity contribution is 7.89. The van der Waals surface area contributed by atoms with Crippen LogP contribution >= 0.6 is 0 Å². The van der Waals surface area contributed by atoms with E-state index in [0.29, 0.717) is 16.5 Å². The summed E-state index contributed by atoms with van der Waals surface area (Å²) in [7, 11) is -3.75. The van der Waals surface area contributed by atoms with Crippen molar-refractivity contribution in [3.05, 3.63) is 29.5 Å². The zero-order valence-corrected chi connectivity index (χ0v) is 16.0. The molecule has 1 unspecified atom stereocenters. The lowest BCUT2D eigenvalue weighted by molar-refractivity contribution is 0.0491. The topological polar surface area (TPSA) is 112 Å². The van der Waals surface area contributed by atoms with Crippen LogP contribution in [0.3, 0.4) is 0 Å². The van der Waals surface area contributed by atoms with Crippen LogP contribution in [0.25, 0.3) is 11.0 Å². The van der Waals surface area contributed by atoms with Gasteiger partial charge in [-0.25, -0.2) is 17.9 Å². The molecule has 1 aliphatic carbocycles. The molecule has 8 heteroatoms. The molecule has 0 saturated heterocycles. The highest BCUT2D eigenvalue weighted by atomic mass is 32.2. The lowest BCUT2D eigenvalue weighted by atomic mass is 9.98. The summed E-state index contributed by atoms with van der Waals surface area (Å²) >= 11 is 0. The Morgan fingerprint density at radius 2 is 2.12 bits per heavy atom. The summed E-state index contributed by atoms with van der Waals surface area (Å²) in [5.41, 5.74) is 6.16. The molecule has 0 radical (unpaired) electrons. The Labute approximate surface area is 152 Å². The van der Waals surface area contributed by atoms with Crippen LogP contribution in [0, 0.1) is 12.8 Å². The number of carbonyl (C=O) groups excluding carboxylic acids is 1. The lowest BCUT2D eigenvalue weighted by Gasteiger charge is -2.29. The third-order valence-corrected chi connectivity index (χ3v) is 6.56. The number of carbonyl (C=O) groups is 1. The summed E-state index contributed by atoms with van der Waals surface area (Å²) in [4.78, 5) is 12.1. The Morgan fingerprint density at radius 3 is 2.69 bits per heavy atom. The molecule has 7 nitrogen and oxygen atoms in total. The lowest BCUT2D eigenvalue weighted by Crippen LogP contribution is -2.52. The molecule has 1 atom stereocenters. The first-order valence-corrected chi connectivity index (χ1v) is 10.1. The van der Waals surface area contributed by atoms with E-state index in [-0.39, 0.29) is 29.7 Å². The van der Waals surface area contributed by atoms with E-state index in [0.717, 1.165) is 12.8 Å². The number of fused-ring (bicyclic) bond motifs is 1. The summed E-state index contributed by atoms with van der Waals surface area (Å²) in [5.74, 6) is -0.209. The fourth-order valence-electron chi connectivity index (χ4n) is 3.14. The highest BCUT2D eigenvalue weighted by Crippen LogP contribution is 2.40. The monoisotopic (exact) mass is 380 g/mol. The fourth-order valence-corrected chi connectivity index (χ4v) is 4.64. The first-order valence-electron chi connectivity index (χ1n) is 8.66. The normalized spacial score (nSPS) is 17.2. The molecular weight excluding hydrogens is 356 g/mol. The fraction of sp³-hybridized carbons (Fsp3) is 0.500. The van der Waals surface area contributed by atoms with Crippen molar-refractivity contribution >= 4 is 27.0 Å². The van der Waals surface area contributed by atoms with E-state index in [4.69, 9.17) is 14.9 Å². The molecule has 1 aliphatic rings. The molecule has 3 rings (SSSR count). The Kier molecular flexibility index (Phi) is 4.85. The van der Waals surface area contributed by atoms with Crippen LogP contribution in [0.4, 0.5) is 0 Å². The largest absolute Gasteiger partial charge is 0.460 e.